The van der Waals surface area contributed by atoms with Crippen molar-refractivity contribution in [2.75, 3.05) is 0 Å². The van der Waals surface area contributed by atoms with Gasteiger partial charge in [-0.05, 0) is 31.2 Å². The lowest BCUT2D eigenvalue weighted by Crippen LogP contribution is -1.99. The van der Waals surface area contributed by atoms with Gasteiger partial charge in [-0.1, -0.05) is 0 Å². The van der Waals surface area contributed by atoms with Crippen molar-refractivity contribution in [2.24, 2.45) is 0 Å². The maximum Gasteiger partial charge on any atom is 0.169 e. The quantitative estimate of drug-likeness (QED) is 0.656. The minimum absolute atomic E-state index is 0.388. The summed E-state index contributed by atoms with van der Waals surface area (Å²) in [5.74, 6) is 0.531. The zero-order chi connectivity index (χ0) is 13.4. The van der Waals surface area contributed by atoms with Crippen LogP contribution in [0.3, 0.4) is 0 Å². The SMILES string of the molecule is Cc1c(C#N)ccc2nc(-c3ccco3)c(C=O)n12. The number of furan rings is 1. The van der Waals surface area contributed by atoms with Crippen LogP contribution < -0.4 is 0 Å². The molecule has 0 spiro atoms. The van der Waals surface area contributed by atoms with Crippen LogP contribution >= 0.6 is 0 Å². The Balaban J connectivity index is 2.42. The molecule has 19 heavy (non-hydrogen) atoms. The summed E-state index contributed by atoms with van der Waals surface area (Å²) in [6.45, 7) is 1.78. The molecule has 0 fully saturated rings. The molecule has 0 saturated carbocycles. The van der Waals surface area contributed by atoms with Crippen LogP contribution in [0.1, 0.15) is 21.7 Å². The first kappa shape index (κ1) is 11.2. The Morgan fingerprint density at radius 1 is 1.42 bits per heavy atom. The number of rotatable bonds is 2. The number of carbonyl (C=O) groups excluding carboxylic acids is 1. The highest BCUT2D eigenvalue weighted by molar-refractivity contribution is 5.85. The van der Waals surface area contributed by atoms with Crippen LogP contribution in [0.15, 0.2) is 34.9 Å². The van der Waals surface area contributed by atoms with E-state index in [0.717, 1.165) is 6.29 Å². The van der Waals surface area contributed by atoms with Gasteiger partial charge < -0.3 is 4.42 Å². The molecule has 0 aliphatic heterocycles. The molecule has 0 aliphatic carbocycles. The lowest BCUT2D eigenvalue weighted by Gasteiger charge is -2.03. The highest BCUT2D eigenvalue weighted by Crippen LogP contribution is 2.25. The molecule has 0 N–H and O–H groups in total. The van der Waals surface area contributed by atoms with Crippen molar-refractivity contribution in [1.29, 1.82) is 5.26 Å². The van der Waals surface area contributed by atoms with Gasteiger partial charge in [-0.25, -0.2) is 4.98 Å². The second-order valence-corrected chi connectivity index (χ2v) is 4.08. The molecular formula is C14H9N3O2. The van der Waals surface area contributed by atoms with Crippen molar-refractivity contribution in [3.8, 4) is 17.5 Å². The number of aryl methyl sites for hydroxylation is 1. The Morgan fingerprint density at radius 3 is 2.89 bits per heavy atom. The third kappa shape index (κ3) is 1.54. The Labute approximate surface area is 108 Å². The second kappa shape index (κ2) is 4.10. The maximum absolute atomic E-state index is 11.4. The van der Waals surface area contributed by atoms with Gasteiger partial charge in [0.1, 0.15) is 23.1 Å². The summed E-state index contributed by atoms with van der Waals surface area (Å²) in [5.41, 5.74) is 2.69. The zero-order valence-corrected chi connectivity index (χ0v) is 10.1. The summed E-state index contributed by atoms with van der Waals surface area (Å²) in [6, 6.07) is 8.98. The van der Waals surface area contributed by atoms with Crippen LogP contribution in [0, 0.1) is 18.3 Å². The van der Waals surface area contributed by atoms with Crippen LogP contribution in [0.4, 0.5) is 0 Å². The lowest BCUT2D eigenvalue weighted by atomic mass is 10.2. The number of aldehydes is 1. The molecule has 0 bridgehead atoms. The predicted octanol–water partition coefficient (Wildman–Crippen LogP) is 2.59. The van der Waals surface area contributed by atoms with Crippen molar-refractivity contribution in [3.63, 3.8) is 0 Å². The first-order chi connectivity index (χ1) is 9.26. The summed E-state index contributed by atoms with van der Waals surface area (Å²) in [5, 5.41) is 9.04. The number of carbonyl (C=O) groups is 1. The minimum Gasteiger partial charge on any atom is -0.463 e. The number of nitriles is 1. The number of hydrogen-bond donors (Lipinski definition) is 0. The van der Waals surface area contributed by atoms with Crippen molar-refractivity contribution in [3.05, 3.63) is 47.5 Å². The third-order valence-corrected chi connectivity index (χ3v) is 3.05. The molecular weight excluding hydrogens is 242 g/mol. The molecule has 3 aromatic rings. The van der Waals surface area contributed by atoms with Crippen LogP contribution in [0.5, 0.6) is 0 Å². The van der Waals surface area contributed by atoms with Crippen molar-refractivity contribution >= 4 is 11.9 Å². The second-order valence-electron chi connectivity index (χ2n) is 4.08. The lowest BCUT2D eigenvalue weighted by molar-refractivity contribution is 0.111. The van der Waals surface area contributed by atoms with E-state index in [-0.39, 0.29) is 0 Å². The number of nitrogens with zero attached hydrogens (tertiary/aromatic N) is 3. The minimum atomic E-state index is 0.388. The first-order valence-electron chi connectivity index (χ1n) is 5.67. The number of pyridine rings is 1. The average molecular weight is 251 g/mol. The Morgan fingerprint density at radius 2 is 2.26 bits per heavy atom. The van der Waals surface area contributed by atoms with E-state index in [9.17, 15) is 4.79 Å². The number of hydrogen-bond acceptors (Lipinski definition) is 4. The Kier molecular flexibility index (Phi) is 2.43. The first-order valence-corrected chi connectivity index (χ1v) is 5.67. The van der Waals surface area contributed by atoms with Crippen molar-refractivity contribution in [2.45, 2.75) is 6.92 Å². The standard InChI is InChI=1S/C14H9N3O2/c1-9-10(7-15)4-5-13-16-14(11(8-18)17(9)13)12-3-2-6-19-12/h2-6,8H,1H3. The normalized spacial score (nSPS) is 10.5. The molecule has 0 radical (unpaired) electrons. The number of aromatic nitrogens is 2. The molecule has 0 unspecified atom stereocenters. The van der Waals surface area contributed by atoms with Gasteiger partial charge in [-0.15, -0.1) is 0 Å². The fraction of sp³-hybridized carbons (Fsp3) is 0.0714. The molecule has 0 aromatic carbocycles. The van der Waals surface area contributed by atoms with E-state index in [0.29, 0.717) is 34.1 Å². The highest BCUT2D eigenvalue weighted by atomic mass is 16.3. The van der Waals surface area contributed by atoms with E-state index in [1.807, 2.05) is 0 Å². The molecule has 92 valence electrons. The van der Waals surface area contributed by atoms with Gasteiger partial charge >= 0.3 is 0 Å². The molecule has 0 saturated heterocycles. The largest absolute Gasteiger partial charge is 0.463 e. The monoisotopic (exact) mass is 251 g/mol. The van der Waals surface area contributed by atoms with Crippen LogP contribution in [0.25, 0.3) is 17.1 Å². The van der Waals surface area contributed by atoms with Crippen LogP contribution in [0.2, 0.25) is 0 Å². The predicted molar refractivity (Wildman–Crippen MR) is 67.7 cm³/mol. The maximum atomic E-state index is 11.4. The molecule has 3 aromatic heterocycles. The average Bonchev–Trinajstić information content (AvgIpc) is 3.05. The van der Waals surface area contributed by atoms with Gasteiger partial charge in [0.2, 0.25) is 0 Å². The van der Waals surface area contributed by atoms with E-state index in [1.54, 1.807) is 35.6 Å². The molecule has 0 amide bonds. The smallest absolute Gasteiger partial charge is 0.169 e. The van der Waals surface area contributed by atoms with E-state index in [1.165, 1.54) is 6.26 Å². The summed E-state index contributed by atoms with van der Waals surface area (Å²) in [6.07, 6.45) is 2.26. The number of imidazole rings is 1. The molecule has 0 atom stereocenters. The van der Waals surface area contributed by atoms with Gasteiger partial charge in [-0.2, -0.15) is 5.26 Å². The van der Waals surface area contributed by atoms with Gasteiger partial charge in [0.15, 0.2) is 12.0 Å². The van der Waals surface area contributed by atoms with E-state index in [4.69, 9.17) is 9.68 Å². The zero-order valence-electron chi connectivity index (χ0n) is 10.1. The number of fused-ring (bicyclic) bond motifs is 1. The van der Waals surface area contributed by atoms with E-state index < -0.39 is 0 Å². The molecule has 5 nitrogen and oxygen atoms in total. The van der Waals surface area contributed by atoms with E-state index in [2.05, 4.69) is 11.1 Å². The van der Waals surface area contributed by atoms with Gasteiger partial charge in [0.25, 0.3) is 0 Å². The fourth-order valence-electron chi connectivity index (χ4n) is 2.14. The van der Waals surface area contributed by atoms with Crippen LogP contribution in [-0.2, 0) is 0 Å². The molecule has 5 heteroatoms. The third-order valence-electron chi connectivity index (χ3n) is 3.05. The molecule has 3 rings (SSSR count). The summed E-state index contributed by atoms with van der Waals surface area (Å²) < 4.78 is 6.96. The Hall–Kier alpha value is -2.87. The Bertz CT molecular complexity index is 807. The van der Waals surface area contributed by atoms with Crippen molar-refractivity contribution < 1.29 is 9.21 Å². The van der Waals surface area contributed by atoms with Gasteiger partial charge in [0, 0.05) is 5.69 Å². The fourth-order valence-corrected chi connectivity index (χ4v) is 2.14. The van der Waals surface area contributed by atoms with E-state index >= 15 is 0 Å². The van der Waals surface area contributed by atoms with Gasteiger partial charge in [0.05, 0.1) is 11.8 Å². The molecule has 3 heterocycles. The van der Waals surface area contributed by atoms with Crippen molar-refractivity contribution in [1.82, 2.24) is 9.38 Å². The summed E-state index contributed by atoms with van der Waals surface area (Å²) >= 11 is 0. The van der Waals surface area contributed by atoms with Crippen LogP contribution in [-0.4, -0.2) is 15.7 Å². The van der Waals surface area contributed by atoms with Gasteiger partial charge in [-0.3, -0.25) is 9.20 Å². The highest BCUT2D eigenvalue weighted by Gasteiger charge is 2.17. The topological polar surface area (TPSA) is 71.3 Å². The summed E-state index contributed by atoms with van der Waals surface area (Å²) in [7, 11) is 0. The summed E-state index contributed by atoms with van der Waals surface area (Å²) in [4.78, 5) is 15.8. The molecule has 0 aliphatic rings.